The minimum absolute atomic E-state index is 0.216. The minimum Gasteiger partial charge on any atom is -0.392 e. The summed E-state index contributed by atoms with van der Waals surface area (Å²) in [5.74, 6) is 0.812. The summed E-state index contributed by atoms with van der Waals surface area (Å²) < 4.78 is 0. The van der Waals surface area contributed by atoms with Gasteiger partial charge in [0, 0.05) is 5.75 Å². The zero-order valence-electron chi connectivity index (χ0n) is 9.08. The van der Waals surface area contributed by atoms with Gasteiger partial charge in [0.05, 0.1) is 6.10 Å². The molecule has 0 fully saturated rings. The highest BCUT2D eigenvalue weighted by Gasteiger charge is 2.05. The molecule has 0 saturated heterocycles. The fourth-order valence-corrected chi connectivity index (χ4v) is 2.21. The molecule has 0 heterocycles. The van der Waals surface area contributed by atoms with Gasteiger partial charge in [-0.05, 0) is 32.1 Å². The van der Waals surface area contributed by atoms with Gasteiger partial charge in [0.2, 0.25) is 0 Å². The number of thioether (sulfide) groups is 1. The van der Waals surface area contributed by atoms with E-state index in [-0.39, 0.29) is 6.10 Å². The SMILES string of the molecule is CSCC(O)Cc1cc(C)cc(C)c1. The predicted octanol–water partition coefficient (Wildman–Crippen LogP) is 2.57. The fraction of sp³-hybridized carbons (Fsp3) is 0.500. The van der Waals surface area contributed by atoms with E-state index in [1.807, 2.05) is 6.26 Å². The van der Waals surface area contributed by atoms with Gasteiger partial charge in [-0.25, -0.2) is 0 Å². The van der Waals surface area contributed by atoms with E-state index < -0.39 is 0 Å². The Morgan fingerprint density at radius 2 is 1.79 bits per heavy atom. The Balaban J connectivity index is 2.66. The van der Waals surface area contributed by atoms with Crippen LogP contribution in [0.3, 0.4) is 0 Å². The Morgan fingerprint density at radius 3 is 2.29 bits per heavy atom. The molecule has 1 aromatic rings. The summed E-state index contributed by atoms with van der Waals surface area (Å²) in [6, 6.07) is 6.46. The number of hydrogen-bond acceptors (Lipinski definition) is 2. The summed E-state index contributed by atoms with van der Waals surface area (Å²) in [6.07, 6.45) is 2.57. The molecule has 1 N–H and O–H groups in total. The first-order valence-electron chi connectivity index (χ1n) is 4.86. The van der Waals surface area contributed by atoms with E-state index in [9.17, 15) is 5.11 Å². The van der Waals surface area contributed by atoms with Gasteiger partial charge in [-0.1, -0.05) is 29.3 Å². The predicted molar refractivity (Wildman–Crippen MR) is 64.0 cm³/mol. The topological polar surface area (TPSA) is 20.2 Å². The van der Waals surface area contributed by atoms with Crippen LogP contribution in [-0.4, -0.2) is 23.2 Å². The molecule has 1 atom stereocenters. The van der Waals surface area contributed by atoms with E-state index in [1.165, 1.54) is 16.7 Å². The standard InChI is InChI=1S/C12H18OS/c1-9-4-10(2)6-11(5-9)7-12(13)8-14-3/h4-6,12-13H,7-8H2,1-3H3. The van der Waals surface area contributed by atoms with Crippen LogP contribution >= 0.6 is 11.8 Å². The molecule has 0 amide bonds. The Bertz CT molecular complexity index is 276. The van der Waals surface area contributed by atoms with E-state index in [1.54, 1.807) is 11.8 Å². The van der Waals surface area contributed by atoms with Crippen molar-refractivity contribution in [2.45, 2.75) is 26.4 Å². The maximum absolute atomic E-state index is 9.66. The van der Waals surface area contributed by atoms with E-state index in [2.05, 4.69) is 32.0 Å². The second-order valence-corrected chi connectivity index (χ2v) is 4.72. The Morgan fingerprint density at radius 1 is 1.21 bits per heavy atom. The zero-order chi connectivity index (χ0) is 10.6. The summed E-state index contributed by atoms with van der Waals surface area (Å²) in [6.45, 7) is 4.19. The summed E-state index contributed by atoms with van der Waals surface area (Å²) in [4.78, 5) is 0. The summed E-state index contributed by atoms with van der Waals surface area (Å²) >= 11 is 1.69. The molecule has 2 heteroatoms. The van der Waals surface area contributed by atoms with Gasteiger partial charge in [0.1, 0.15) is 0 Å². The van der Waals surface area contributed by atoms with Crippen molar-refractivity contribution < 1.29 is 5.11 Å². The molecule has 78 valence electrons. The molecule has 0 bridgehead atoms. The third kappa shape index (κ3) is 3.72. The van der Waals surface area contributed by atoms with Crippen LogP contribution in [0.15, 0.2) is 18.2 Å². The molecule has 1 nitrogen and oxygen atoms in total. The smallest absolute Gasteiger partial charge is 0.0670 e. The van der Waals surface area contributed by atoms with Crippen LogP contribution in [-0.2, 0) is 6.42 Å². The Labute approximate surface area is 90.5 Å². The van der Waals surface area contributed by atoms with Gasteiger partial charge < -0.3 is 5.11 Å². The highest BCUT2D eigenvalue weighted by Crippen LogP contribution is 2.12. The molecular formula is C12H18OS. The highest BCUT2D eigenvalue weighted by molar-refractivity contribution is 7.98. The molecule has 1 rings (SSSR count). The zero-order valence-corrected chi connectivity index (χ0v) is 9.90. The first-order valence-corrected chi connectivity index (χ1v) is 6.25. The van der Waals surface area contributed by atoms with Crippen molar-refractivity contribution in [1.82, 2.24) is 0 Å². The molecule has 0 aliphatic carbocycles. The molecular weight excluding hydrogens is 192 g/mol. The molecule has 0 aliphatic heterocycles. The van der Waals surface area contributed by atoms with E-state index in [0.717, 1.165) is 12.2 Å². The van der Waals surface area contributed by atoms with Crippen molar-refractivity contribution in [3.8, 4) is 0 Å². The molecule has 0 spiro atoms. The second-order valence-electron chi connectivity index (χ2n) is 3.81. The van der Waals surface area contributed by atoms with Crippen LogP contribution in [0.25, 0.3) is 0 Å². The quantitative estimate of drug-likeness (QED) is 0.824. The third-order valence-corrected chi connectivity index (χ3v) is 2.83. The maximum Gasteiger partial charge on any atom is 0.0670 e. The van der Waals surface area contributed by atoms with Crippen LogP contribution < -0.4 is 0 Å². The van der Waals surface area contributed by atoms with Crippen LogP contribution in [0.5, 0.6) is 0 Å². The second kappa shape index (κ2) is 5.42. The average Bonchev–Trinajstić information content (AvgIpc) is 2.01. The number of aliphatic hydroxyl groups is 1. The van der Waals surface area contributed by atoms with E-state index in [0.29, 0.717) is 0 Å². The monoisotopic (exact) mass is 210 g/mol. The number of aliphatic hydroxyl groups excluding tert-OH is 1. The fourth-order valence-electron chi connectivity index (χ4n) is 1.71. The lowest BCUT2D eigenvalue weighted by atomic mass is 10.0. The van der Waals surface area contributed by atoms with E-state index >= 15 is 0 Å². The Hall–Kier alpha value is -0.470. The number of aryl methyl sites for hydroxylation is 2. The first kappa shape index (κ1) is 11.6. The van der Waals surface area contributed by atoms with Crippen LogP contribution in [0.2, 0.25) is 0 Å². The Kier molecular flexibility index (Phi) is 4.49. The van der Waals surface area contributed by atoms with Crippen LogP contribution in [0.4, 0.5) is 0 Å². The van der Waals surface area contributed by atoms with Gasteiger partial charge in [0.15, 0.2) is 0 Å². The van der Waals surface area contributed by atoms with Crippen molar-refractivity contribution >= 4 is 11.8 Å². The van der Waals surface area contributed by atoms with Gasteiger partial charge in [-0.15, -0.1) is 0 Å². The molecule has 0 saturated carbocycles. The van der Waals surface area contributed by atoms with E-state index in [4.69, 9.17) is 0 Å². The van der Waals surface area contributed by atoms with Gasteiger partial charge in [-0.3, -0.25) is 0 Å². The largest absolute Gasteiger partial charge is 0.392 e. The lowest BCUT2D eigenvalue weighted by molar-refractivity contribution is 0.200. The summed E-state index contributed by atoms with van der Waals surface area (Å²) in [7, 11) is 0. The van der Waals surface area contributed by atoms with Gasteiger partial charge in [-0.2, -0.15) is 11.8 Å². The van der Waals surface area contributed by atoms with Crippen LogP contribution in [0.1, 0.15) is 16.7 Å². The number of benzene rings is 1. The van der Waals surface area contributed by atoms with Crippen LogP contribution in [0, 0.1) is 13.8 Å². The third-order valence-electron chi connectivity index (χ3n) is 2.11. The lowest BCUT2D eigenvalue weighted by Gasteiger charge is -2.10. The van der Waals surface area contributed by atoms with Crippen molar-refractivity contribution in [2.75, 3.05) is 12.0 Å². The van der Waals surface area contributed by atoms with Crippen molar-refractivity contribution in [2.24, 2.45) is 0 Å². The molecule has 14 heavy (non-hydrogen) atoms. The summed E-state index contributed by atoms with van der Waals surface area (Å²) in [5.41, 5.74) is 3.79. The number of rotatable bonds is 4. The molecule has 1 aromatic carbocycles. The number of hydrogen-bond donors (Lipinski definition) is 1. The molecule has 0 aliphatic rings. The minimum atomic E-state index is -0.216. The van der Waals surface area contributed by atoms with Gasteiger partial charge >= 0.3 is 0 Å². The highest BCUT2D eigenvalue weighted by atomic mass is 32.2. The lowest BCUT2D eigenvalue weighted by Crippen LogP contribution is -2.13. The molecule has 0 aromatic heterocycles. The summed E-state index contributed by atoms with van der Waals surface area (Å²) in [5, 5.41) is 9.66. The molecule has 0 radical (unpaired) electrons. The van der Waals surface area contributed by atoms with Crippen molar-refractivity contribution in [3.05, 3.63) is 34.9 Å². The average molecular weight is 210 g/mol. The van der Waals surface area contributed by atoms with Gasteiger partial charge in [0.25, 0.3) is 0 Å². The maximum atomic E-state index is 9.66. The molecule has 1 unspecified atom stereocenters. The normalized spacial score (nSPS) is 12.9. The van der Waals surface area contributed by atoms with Crippen molar-refractivity contribution in [1.29, 1.82) is 0 Å². The van der Waals surface area contributed by atoms with Crippen molar-refractivity contribution in [3.63, 3.8) is 0 Å². The first-order chi connectivity index (χ1) is 6.61.